The van der Waals surface area contributed by atoms with Crippen LogP contribution in [0, 0.1) is 0 Å². The van der Waals surface area contributed by atoms with Crippen LogP contribution in [0.25, 0.3) is 0 Å². The maximum absolute atomic E-state index is 12.3. The first-order valence-electron chi connectivity index (χ1n) is 6.32. The molecule has 1 aliphatic heterocycles. The molecule has 2 heterocycles. The number of amides is 1. The Balaban J connectivity index is 1.71. The largest absolute Gasteiger partial charge is 0.493 e. The maximum atomic E-state index is 12.3. The zero-order chi connectivity index (χ0) is 13.1. The molecule has 98 valence electrons. The van der Waals surface area contributed by atoms with Gasteiger partial charge in [-0.05, 0) is 18.6 Å². The molecular weight excluding hydrogens is 242 g/mol. The van der Waals surface area contributed by atoms with E-state index in [1.54, 1.807) is 6.20 Å². The molecule has 0 saturated heterocycles. The van der Waals surface area contributed by atoms with Gasteiger partial charge in [0.2, 0.25) is 5.91 Å². The summed E-state index contributed by atoms with van der Waals surface area (Å²) in [5.41, 5.74) is 1.87. The molecule has 1 aromatic carbocycles. The quantitative estimate of drug-likeness (QED) is 0.877. The van der Waals surface area contributed by atoms with Crippen molar-refractivity contribution in [3.8, 4) is 5.75 Å². The molecule has 0 fully saturated rings. The van der Waals surface area contributed by atoms with Crippen LogP contribution >= 0.6 is 0 Å². The van der Waals surface area contributed by atoms with E-state index < -0.39 is 0 Å². The van der Waals surface area contributed by atoms with Gasteiger partial charge in [-0.15, -0.1) is 0 Å². The van der Waals surface area contributed by atoms with E-state index in [9.17, 15) is 4.79 Å². The number of hydrogen-bond acceptors (Lipinski definition) is 3. The molecule has 2 N–H and O–H groups in total. The minimum absolute atomic E-state index is 0.0327. The first-order chi connectivity index (χ1) is 9.34. The Kier molecular flexibility index (Phi) is 3.18. The number of nitrogens with one attached hydrogen (secondary N) is 2. The minimum atomic E-state index is -0.132. The Hall–Kier alpha value is -2.30. The highest BCUT2D eigenvalue weighted by Crippen LogP contribution is 2.33. The van der Waals surface area contributed by atoms with E-state index in [1.165, 1.54) is 0 Å². The molecule has 0 radical (unpaired) electrons. The smallest absolute Gasteiger partial charge is 0.228 e. The van der Waals surface area contributed by atoms with Crippen LogP contribution in [0.1, 0.15) is 23.6 Å². The monoisotopic (exact) mass is 257 g/mol. The molecule has 0 saturated carbocycles. The first kappa shape index (κ1) is 11.8. The maximum Gasteiger partial charge on any atom is 0.228 e. The van der Waals surface area contributed by atoms with E-state index in [0.717, 1.165) is 17.0 Å². The van der Waals surface area contributed by atoms with Crippen LogP contribution in [0.5, 0.6) is 5.75 Å². The third kappa shape index (κ3) is 2.45. The predicted molar refractivity (Wildman–Crippen MR) is 69.7 cm³/mol. The summed E-state index contributed by atoms with van der Waals surface area (Å²) in [5.74, 6) is 0.716. The third-order valence-electron chi connectivity index (χ3n) is 3.29. The van der Waals surface area contributed by atoms with E-state index in [4.69, 9.17) is 4.74 Å². The molecule has 1 atom stereocenters. The van der Waals surface area contributed by atoms with Crippen molar-refractivity contribution in [2.45, 2.75) is 18.9 Å². The molecule has 5 nitrogen and oxygen atoms in total. The highest BCUT2D eigenvalue weighted by Gasteiger charge is 2.27. The van der Waals surface area contributed by atoms with Gasteiger partial charge in [0, 0.05) is 11.8 Å². The molecule has 3 rings (SSSR count). The SMILES string of the molecule is O=C(NCc1ccn[nH]1)C1CCOc2ccccc21. The van der Waals surface area contributed by atoms with E-state index in [2.05, 4.69) is 15.5 Å². The molecule has 0 spiro atoms. The van der Waals surface area contributed by atoms with Crippen LogP contribution in [0.2, 0.25) is 0 Å². The summed E-state index contributed by atoms with van der Waals surface area (Å²) in [6.07, 6.45) is 2.39. The zero-order valence-electron chi connectivity index (χ0n) is 10.4. The topological polar surface area (TPSA) is 67.0 Å². The van der Waals surface area contributed by atoms with Crippen LogP contribution in [-0.4, -0.2) is 22.7 Å². The van der Waals surface area contributed by atoms with Gasteiger partial charge in [-0.1, -0.05) is 18.2 Å². The van der Waals surface area contributed by atoms with Gasteiger partial charge >= 0.3 is 0 Å². The summed E-state index contributed by atoms with van der Waals surface area (Å²) in [7, 11) is 0. The molecule has 0 aliphatic carbocycles. The van der Waals surface area contributed by atoms with E-state index in [0.29, 0.717) is 19.6 Å². The fraction of sp³-hybridized carbons (Fsp3) is 0.286. The average molecular weight is 257 g/mol. The number of benzene rings is 1. The third-order valence-corrected chi connectivity index (χ3v) is 3.29. The predicted octanol–water partition coefficient (Wildman–Crippen LogP) is 1.59. The Labute approximate surface area is 111 Å². The number of H-pyrrole nitrogens is 1. The van der Waals surface area contributed by atoms with Crippen molar-refractivity contribution in [3.05, 3.63) is 47.8 Å². The number of ether oxygens (including phenoxy) is 1. The number of para-hydroxylation sites is 1. The lowest BCUT2D eigenvalue weighted by molar-refractivity contribution is -0.123. The van der Waals surface area contributed by atoms with Crippen molar-refractivity contribution in [3.63, 3.8) is 0 Å². The number of aromatic nitrogens is 2. The highest BCUT2D eigenvalue weighted by atomic mass is 16.5. The molecule has 19 heavy (non-hydrogen) atoms. The molecule has 5 heteroatoms. The number of rotatable bonds is 3. The van der Waals surface area contributed by atoms with Crippen LogP contribution in [0.15, 0.2) is 36.5 Å². The molecule has 1 aliphatic rings. The van der Waals surface area contributed by atoms with Crippen LogP contribution in [-0.2, 0) is 11.3 Å². The lowest BCUT2D eigenvalue weighted by atomic mass is 9.92. The van der Waals surface area contributed by atoms with Crippen molar-refractivity contribution >= 4 is 5.91 Å². The molecule has 2 aromatic rings. The number of fused-ring (bicyclic) bond motifs is 1. The van der Waals surface area contributed by atoms with Crippen LogP contribution < -0.4 is 10.1 Å². The molecule has 0 bridgehead atoms. The van der Waals surface area contributed by atoms with Gasteiger partial charge in [0.15, 0.2) is 0 Å². The summed E-state index contributed by atoms with van der Waals surface area (Å²) in [5, 5.41) is 9.61. The van der Waals surface area contributed by atoms with Gasteiger partial charge in [-0.25, -0.2) is 0 Å². The van der Waals surface area contributed by atoms with E-state index in [-0.39, 0.29) is 11.8 Å². The van der Waals surface area contributed by atoms with Gasteiger partial charge in [0.05, 0.1) is 24.8 Å². The van der Waals surface area contributed by atoms with Gasteiger partial charge < -0.3 is 10.1 Å². The lowest BCUT2D eigenvalue weighted by Crippen LogP contribution is -2.32. The Bertz CT molecular complexity index is 566. The zero-order valence-corrected chi connectivity index (χ0v) is 10.4. The van der Waals surface area contributed by atoms with E-state index >= 15 is 0 Å². The molecule has 1 aromatic heterocycles. The van der Waals surface area contributed by atoms with Gasteiger partial charge in [0.1, 0.15) is 5.75 Å². The number of carbonyl (C=O) groups is 1. The second-order valence-electron chi connectivity index (χ2n) is 4.53. The number of carbonyl (C=O) groups excluding carboxylic acids is 1. The fourth-order valence-corrected chi connectivity index (χ4v) is 2.30. The van der Waals surface area contributed by atoms with E-state index in [1.807, 2.05) is 30.3 Å². The van der Waals surface area contributed by atoms with Crippen molar-refractivity contribution in [1.82, 2.24) is 15.5 Å². The van der Waals surface area contributed by atoms with Gasteiger partial charge in [0.25, 0.3) is 0 Å². The molecular formula is C14H15N3O2. The first-order valence-corrected chi connectivity index (χ1v) is 6.32. The normalized spacial score (nSPS) is 17.4. The van der Waals surface area contributed by atoms with Gasteiger partial charge in [-0.2, -0.15) is 5.10 Å². The minimum Gasteiger partial charge on any atom is -0.493 e. The Morgan fingerprint density at radius 3 is 3.16 bits per heavy atom. The number of nitrogens with zero attached hydrogens (tertiary/aromatic N) is 1. The summed E-state index contributed by atoms with van der Waals surface area (Å²) in [4.78, 5) is 12.3. The second-order valence-corrected chi connectivity index (χ2v) is 4.53. The van der Waals surface area contributed by atoms with Gasteiger partial charge in [-0.3, -0.25) is 9.89 Å². The summed E-state index contributed by atoms with van der Waals surface area (Å²) in [6.45, 7) is 1.05. The van der Waals surface area contributed by atoms with Crippen molar-refractivity contribution < 1.29 is 9.53 Å². The fourth-order valence-electron chi connectivity index (χ4n) is 2.30. The second kappa shape index (κ2) is 5.14. The Morgan fingerprint density at radius 1 is 1.42 bits per heavy atom. The standard InChI is InChI=1S/C14H15N3O2/c18-14(15-9-10-5-7-16-17-10)12-6-8-19-13-4-2-1-3-11(12)13/h1-5,7,12H,6,8-9H2,(H,15,18)(H,16,17). The molecule has 1 unspecified atom stereocenters. The van der Waals surface area contributed by atoms with Crippen molar-refractivity contribution in [2.75, 3.05) is 6.61 Å². The lowest BCUT2D eigenvalue weighted by Gasteiger charge is -2.24. The van der Waals surface area contributed by atoms with Crippen LogP contribution in [0.4, 0.5) is 0 Å². The summed E-state index contributed by atoms with van der Waals surface area (Å²) < 4.78 is 5.56. The average Bonchev–Trinajstić information content (AvgIpc) is 2.97. The number of hydrogen-bond donors (Lipinski definition) is 2. The van der Waals surface area contributed by atoms with Crippen molar-refractivity contribution in [1.29, 1.82) is 0 Å². The van der Waals surface area contributed by atoms with Crippen molar-refractivity contribution in [2.24, 2.45) is 0 Å². The summed E-state index contributed by atoms with van der Waals surface area (Å²) in [6, 6.07) is 9.56. The molecule has 1 amide bonds. The number of aromatic amines is 1. The summed E-state index contributed by atoms with van der Waals surface area (Å²) >= 11 is 0. The van der Waals surface area contributed by atoms with Crippen LogP contribution in [0.3, 0.4) is 0 Å². The Morgan fingerprint density at radius 2 is 2.32 bits per heavy atom. The highest BCUT2D eigenvalue weighted by molar-refractivity contribution is 5.84.